The highest BCUT2D eigenvalue weighted by atomic mass is 79.9. The van der Waals surface area contributed by atoms with Crippen molar-refractivity contribution in [2.24, 2.45) is 0 Å². The molecule has 110 valence electrons. The zero-order valence-electron chi connectivity index (χ0n) is 11.8. The molecule has 0 saturated heterocycles. The molecule has 0 bridgehead atoms. The molecule has 0 atom stereocenters. The van der Waals surface area contributed by atoms with Crippen LogP contribution in [-0.4, -0.2) is 18.0 Å². The summed E-state index contributed by atoms with van der Waals surface area (Å²) < 4.78 is 5.92. The third-order valence-corrected chi connectivity index (χ3v) is 3.64. The van der Waals surface area contributed by atoms with Gasteiger partial charge in [0.05, 0.1) is 12.8 Å². The van der Waals surface area contributed by atoms with Gasteiger partial charge in [-0.2, -0.15) is 0 Å². The van der Waals surface area contributed by atoms with Crippen LogP contribution in [0.4, 0.5) is 11.5 Å². The van der Waals surface area contributed by atoms with Crippen LogP contribution in [0.1, 0.15) is 23.0 Å². The van der Waals surface area contributed by atoms with Gasteiger partial charge in [-0.1, -0.05) is 6.92 Å². The summed E-state index contributed by atoms with van der Waals surface area (Å²) in [5.41, 5.74) is 7.62. The molecular formula is C15H16BrN3O2. The van der Waals surface area contributed by atoms with Gasteiger partial charge < -0.3 is 15.8 Å². The molecule has 1 amide bonds. The molecular weight excluding hydrogens is 334 g/mol. The number of carbonyl (C=O) groups excluding carboxylic acids is 1. The molecule has 0 aliphatic carbocycles. The minimum absolute atomic E-state index is 0.243. The number of nitrogens with zero attached hydrogens (tertiary/aromatic N) is 1. The predicted octanol–water partition coefficient (Wildman–Crippen LogP) is 3.25. The number of aromatic nitrogens is 1. The fraction of sp³-hybridized carbons (Fsp3) is 0.200. The molecule has 0 aliphatic heterocycles. The lowest BCUT2D eigenvalue weighted by molar-refractivity contribution is 0.102. The first kappa shape index (κ1) is 15.3. The van der Waals surface area contributed by atoms with Gasteiger partial charge in [0.15, 0.2) is 0 Å². The molecule has 1 aromatic heterocycles. The molecule has 6 heteroatoms. The number of benzene rings is 1. The highest BCUT2D eigenvalue weighted by Gasteiger charge is 2.11. The van der Waals surface area contributed by atoms with Crippen molar-refractivity contribution in [2.75, 3.05) is 18.2 Å². The fourth-order valence-corrected chi connectivity index (χ4v) is 2.19. The molecule has 0 aliphatic rings. The van der Waals surface area contributed by atoms with Crippen molar-refractivity contribution in [3.8, 4) is 5.75 Å². The minimum atomic E-state index is -0.243. The summed E-state index contributed by atoms with van der Waals surface area (Å²) in [5, 5.41) is 2.83. The number of pyridine rings is 1. The van der Waals surface area contributed by atoms with E-state index < -0.39 is 0 Å². The van der Waals surface area contributed by atoms with Crippen LogP contribution in [0.15, 0.2) is 34.8 Å². The van der Waals surface area contributed by atoms with Gasteiger partial charge in [-0.3, -0.25) is 4.79 Å². The fourth-order valence-electron chi connectivity index (χ4n) is 1.84. The van der Waals surface area contributed by atoms with Crippen molar-refractivity contribution >= 4 is 33.3 Å². The minimum Gasteiger partial charge on any atom is -0.497 e. The number of halogens is 1. The van der Waals surface area contributed by atoms with E-state index in [9.17, 15) is 4.79 Å². The summed E-state index contributed by atoms with van der Waals surface area (Å²) in [6.07, 6.45) is 0.716. The molecule has 2 rings (SSSR count). The molecule has 21 heavy (non-hydrogen) atoms. The first-order valence-corrected chi connectivity index (χ1v) is 7.24. The van der Waals surface area contributed by atoms with Gasteiger partial charge in [-0.15, -0.1) is 0 Å². The number of aryl methyl sites for hydroxylation is 1. The average molecular weight is 350 g/mol. The second-order valence-electron chi connectivity index (χ2n) is 4.43. The lowest BCUT2D eigenvalue weighted by Gasteiger charge is -2.10. The highest BCUT2D eigenvalue weighted by molar-refractivity contribution is 9.10. The van der Waals surface area contributed by atoms with Gasteiger partial charge in [-0.05, 0) is 46.6 Å². The Morgan fingerprint density at radius 2 is 2.14 bits per heavy atom. The standard InChI is InChI=1S/C15H16BrN3O2/c1-3-10-6-9(7-14(17)18-10)15(20)19-13-8-11(21-2)4-5-12(13)16/h4-8H,3H2,1-2H3,(H2,17,18)(H,19,20). The highest BCUT2D eigenvalue weighted by Crippen LogP contribution is 2.27. The largest absolute Gasteiger partial charge is 0.497 e. The van der Waals surface area contributed by atoms with Crippen LogP contribution >= 0.6 is 15.9 Å². The number of nitrogens with two attached hydrogens (primary N) is 1. The van der Waals surface area contributed by atoms with Gasteiger partial charge in [0.2, 0.25) is 0 Å². The number of hydrogen-bond acceptors (Lipinski definition) is 4. The average Bonchev–Trinajstić information content (AvgIpc) is 2.48. The van der Waals surface area contributed by atoms with Gasteiger partial charge in [0, 0.05) is 21.8 Å². The zero-order chi connectivity index (χ0) is 15.4. The van der Waals surface area contributed by atoms with E-state index in [1.54, 1.807) is 31.4 Å². The lowest BCUT2D eigenvalue weighted by Crippen LogP contribution is -2.14. The van der Waals surface area contributed by atoms with Gasteiger partial charge in [0.25, 0.3) is 5.91 Å². The van der Waals surface area contributed by atoms with E-state index in [2.05, 4.69) is 26.2 Å². The smallest absolute Gasteiger partial charge is 0.255 e. The van der Waals surface area contributed by atoms with E-state index in [1.165, 1.54) is 0 Å². The zero-order valence-corrected chi connectivity index (χ0v) is 13.4. The molecule has 0 radical (unpaired) electrons. The maximum atomic E-state index is 12.3. The van der Waals surface area contributed by atoms with Crippen LogP contribution in [-0.2, 0) is 6.42 Å². The van der Waals surface area contributed by atoms with Gasteiger partial charge in [-0.25, -0.2) is 4.98 Å². The van der Waals surface area contributed by atoms with E-state index >= 15 is 0 Å². The summed E-state index contributed by atoms with van der Waals surface area (Å²) >= 11 is 3.40. The topological polar surface area (TPSA) is 77.2 Å². The number of methoxy groups -OCH3 is 1. The molecule has 0 unspecified atom stereocenters. The number of ether oxygens (including phenoxy) is 1. The maximum absolute atomic E-state index is 12.3. The number of amides is 1. The molecule has 0 fully saturated rings. The predicted molar refractivity (Wildman–Crippen MR) is 86.7 cm³/mol. The Morgan fingerprint density at radius 1 is 1.38 bits per heavy atom. The monoisotopic (exact) mass is 349 g/mol. The van der Waals surface area contributed by atoms with Crippen molar-refractivity contribution < 1.29 is 9.53 Å². The molecule has 1 heterocycles. The van der Waals surface area contributed by atoms with Crippen LogP contribution in [0.2, 0.25) is 0 Å². The summed E-state index contributed by atoms with van der Waals surface area (Å²) in [4.78, 5) is 16.5. The number of carbonyl (C=O) groups is 1. The molecule has 0 saturated carbocycles. The SMILES string of the molecule is CCc1cc(C(=O)Nc2cc(OC)ccc2Br)cc(N)n1. The van der Waals surface area contributed by atoms with E-state index in [1.807, 2.05) is 13.0 Å². The Balaban J connectivity index is 2.27. The maximum Gasteiger partial charge on any atom is 0.255 e. The molecule has 5 nitrogen and oxygen atoms in total. The van der Waals surface area contributed by atoms with Crippen LogP contribution < -0.4 is 15.8 Å². The molecule has 2 aromatic rings. The normalized spacial score (nSPS) is 10.2. The van der Waals surface area contributed by atoms with Gasteiger partial charge >= 0.3 is 0 Å². The number of anilines is 2. The second kappa shape index (κ2) is 6.58. The summed E-state index contributed by atoms with van der Waals surface area (Å²) in [7, 11) is 1.58. The van der Waals surface area contributed by atoms with Crippen molar-refractivity contribution in [1.82, 2.24) is 4.98 Å². The Labute approximate surface area is 131 Å². The second-order valence-corrected chi connectivity index (χ2v) is 5.28. The third-order valence-electron chi connectivity index (χ3n) is 2.94. The van der Waals surface area contributed by atoms with E-state index in [4.69, 9.17) is 10.5 Å². The van der Waals surface area contributed by atoms with Crippen LogP contribution in [0.5, 0.6) is 5.75 Å². The van der Waals surface area contributed by atoms with Crippen molar-refractivity contribution in [2.45, 2.75) is 13.3 Å². The van der Waals surface area contributed by atoms with Crippen molar-refractivity contribution in [1.29, 1.82) is 0 Å². The molecule has 0 spiro atoms. The van der Waals surface area contributed by atoms with Crippen LogP contribution in [0.3, 0.4) is 0 Å². The lowest BCUT2D eigenvalue weighted by atomic mass is 10.1. The Morgan fingerprint density at radius 3 is 2.81 bits per heavy atom. The quantitative estimate of drug-likeness (QED) is 0.887. The summed E-state index contributed by atoms with van der Waals surface area (Å²) in [5.74, 6) is 0.758. The molecule has 1 aromatic carbocycles. The molecule has 3 N–H and O–H groups in total. The van der Waals surface area contributed by atoms with Crippen LogP contribution in [0.25, 0.3) is 0 Å². The summed E-state index contributed by atoms with van der Waals surface area (Å²) in [6.45, 7) is 1.96. The first-order valence-electron chi connectivity index (χ1n) is 6.44. The van der Waals surface area contributed by atoms with E-state index in [0.29, 0.717) is 29.2 Å². The third kappa shape index (κ3) is 3.72. The Bertz CT molecular complexity index is 674. The Hall–Kier alpha value is -2.08. The van der Waals surface area contributed by atoms with E-state index in [-0.39, 0.29) is 5.91 Å². The summed E-state index contributed by atoms with van der Waals surface area (Å²) in [6, 6.07) is 8.65. The number of nitrogen functional groups attached to an aromatic ring is 1. The van der Waals surface area contributed by atoms with Crippen molar-refractivity contribution in [3.05, 3.63) is 46.1 Å². The first-order chi connectivity index (χ1) is 10.0. The van der Waals surface area contributed by atoms with Gasteiger partial charge in [0.1, 0.15) is 11.6 Å². The number of rotatable bonds is 4. The van der Waals surface area contributed by atoms with E-state index in [0.717, 1.165) is 10.2 Å². The van der Waals surface area contributed by atoms with Crippen molar-refractivity contribution in [3.63, 3.8) is 0 Å². The van der Waals surface area contributed by atoms with Crippen LogP contribution in [0, 0.1) is 0 Å². The number of nitrogens with one attached hydrogen (secondary N) is 1. The number of hydrogen-bond donors (Lipinski definition) is 2. The Kier molecular flexibility index (Phi) is 4.80.